The molecule has 0 saturated carbocycles. The minimum absolute atomic E-state index is 0.135. The van der Waals surface area contributed by atoms with Crippen molar-refractivity contribution in [2.45, 2.75) is 25.0 Å². The van der Waals surface area contributed by atoms with E-state index in [2.05, 4.69) is 10.2 Å². The molecule has 0 aliphatic rings. The molecule has 3 N–H and O–H groups in total. The standard InChI is InChI=1S/C8H12N4O3S/c1-4(7(9)15)12-5(2)10-11-8(12)16-3-6(13)14/h4H,3H2,1-2H3,(H2,9,15)(H,13,14). The van der Waals surface area contributed by atoms with Gasteiger partial charge in [0.15, 0.2) is 5.16 Å². The van der Waals surface area contributed by atoms with Crippen molar-refractivity contribution < 1.29 is 14.7 Å². The number of amides is 1. The summed E-state index contributed by atoms with van der Waals surface area (Å²) in [4.78, 5) is 21.5. The Labute approximate surface area is 96.0 Å². The first kappa shape index (κ1) is 12.5. The molecular weight excluding hydrogens is 232 g/mol. The fraction of sp³-hybridized carbons (Fsp3) is 0.500. The van der Waals surface area contributed by atoms with E-state index < -0.39 is 17.9 Å². The molecule has 0 spiro atoms. The van der Waals surface area contributed by atoms with Crippen LogP contribution in [0.15, 0.2) is 5.16 Å². The van der Waals surface area contributed by atoms with Gasteiger partial charge < -0.3 is 10.8 Å². The van der Waals surface area contributed by atoms with Crippen LogP contribution in [-0.2, 0) is 9.59 Å². The number of hydrogen-bond acceptors (Lipinski definition) is 5. The number of primary amides is 1. The molecule has 7 nitrogen and oxygen atoms in total. The van der Waals surface area contributed by atoms with Crippen LogP contribution in [0.25, 0.3) is 0 Å². The minimum Gasteiger partial charge on any atom is -0.481 e. The third-order valence-electron chi connectivity index (χ3n) is 1.96. The number of aromatic nitrogens is 3. The van der Waals surface area contributed by atoms with Crippen molar-refractivity contribution in [3.8, 4) is 0 Å². The summed E-state index contributed by atoms with van der Waals surface area (Å²) in [5.41, 5.74) is 5.18. The molecule has 16 heavy (non-hydrogen) atoms. The third-order valence-corrected chi connectivity index (χ3v) is 2.89. The van der Waals surface area contributed by atoms with Crippen molar-refractivity contribution in [1.29, 1.82) is 0 Å². The Bertz CT molecular complexity index is 417. The molecule has 1 heterocycles. The predicted molar refractivity (Wildman–Crippen MR) is 57.0 cm³/mol. The molecule has 0 saturated heterocycles. The normalized spacial score (nSPS) is 12.4. The van der Waals surface area contributed by atoms with Crippen LogP contribution >= 0.6 is 11.8 Å². The lowest BCUT2D eigenvalue weighted by Gasteiger charge is -2.12. The van der Waals surface area contributed by atoms with Crippen LogP contribution in [0.1, 0.15) is 18.8 Å². The van der Waals surface area contributed by atoms with Gasteiger partial charge in [0.25, 0.3) is 0 Å². The number of carbonyl (C=O) groups is 2. The van der Waals surface area contributed by atoms with Crippen LogP contribution in [0.3, 0.4) is 0 Å². The highest BCUT2D eigenvalue weighted by molar-refractivity contribution is 7.99. The van der Waals surface area contributed by atoms with E-state index in [1.165, 1.54) is 4.57 Å². The Morgan fingerprint density at radius 2 is 2.19 bits per heavy atom. The van der Waals surface area contributed by atoms with E-state index in [0.29, 0.717) is 11.0 Å². The SMILES string of the molecule is Cc1nnc(SCC(=O)O)n1C(C)C(N)=O. The number of thioether (sulfide) groups is 1. The zero-order valence-corrected chi connectivity index (χ0v) is 9.69. The van der Waals surface area contributed by atoms with Crippen LogP contribution in [0, 0.1) is 6.92 Å². The lowest BCUT2D eigenvalue weighted by molar-refractivity contribution is -0.133. The van der Waals surface area contributed by atoms with Crippen molar-refractivity contribution in [2.75, 3.05) is 5.75 Å². The van der Waals surface area contributed by atoms with Crippen LogP contribution < -0.4 is 5.73 Å². The third kappa shape index (κ3) is 2.72. The second-order valence-electron chi connectivity index (χ2n) is 3.16. The minimum atomic E-state index is -0.955. The molecule has 0 aliphatic heterocycles. The van der Waals surface area contributed by atoms with Crippen LogP contribution in [-0.4, -0.2) is 37.5 Å². The van der Waals surface area contributed by atoms with Crippen LogP contribution in [0.4, 0.5) is 0 Å². The Kier molecular flexibility index (Phi) is 3.88. The lowest BCUT2D eigenvalue weighted by atomic mass is 10.3. The highest BCUT2D eigenvalue weighted by Crippen LogP contribution is 2.20. The van der Waals surface area contributed by atoms with Gasteiger partial charge in [-0.1, -0.05) is 11.8 Å². The van der Waals surface area contributed by atoms with E-state index in [1.54, 1.807) is 13.8 Å². The smallest absolute Gasteiger partial charge is 0.313 e. The lowest BCUT2D eigenvalue weighted by Crippen LogP contribution is -2.25. The average Bonchev–Trinajstić information content (AvgIpc) is 2.55. The largest absolute Gasteiger partial charge is 0.481 e. The number of rotatable bonds is 5. The summed E-state index contributed by atoms with van der Waals surface area (Å²) in [6.07, 6.45) is 0. The van der Waals surface area contributed by atoms with Gasteiger partial charge in [0.05, 0.1) is 5.75 Å². The molecule has 1 rings (SSSR count). The van der Waals surface area contributed by atoms with Gasteiger partial charge >= 0.3 is 5.97 Å². The van der Waals surface area contributed by atoms with E-state index in [0.717, 1.165) is 11.8 Å². The Morgan fingerprint density at radius 3 is 2.69 bits per heavy atom. The monoisotopic (exact) mass is 244 g/mol. The van der Waals surface area contributed by atoms with Gasteiger partial charge in [-0.15, -0.1) is 10.2 Å². The summed E-state index contributed by atoms with van der Waals surface area (Å²) in [7, 11) is 0. The number of hydrogen-bond donors (Lipinski definition) is 2. The summed E-state index contributed by atoms with van der Waals surface area (Å²) < 4.78 is 1.52. The number of carbonyl (C=O) groups excluding carboxylic acids is 1. The first-order valence-electron chi connectivity index (χ1n) is 4.49. The summed E-state index contributed by atoms with van der Waals surface area (Å²) in [6, 6.07) is -0.591. The van der Waals surface area contributed by atoms with Crippen molar-refractivity contribution in [3.63, 3.8) is 0 Å². The maximum Gasteiger partial charge on any atom is 0.313 e. The van der Waals surface area contributed by atoms with E-state index in [-0.39, 0.29) is 5.75 Å². The van der Waals surface area contributed by atoms with Gasteiger partial charge in [0.1, 0.15) is 11.9 Å². The molecule has 1 aromatic rings. The summed E-state index contributed by atoms with van der Waals surface area (Å²) in [5, 5.41) is 16.5. The quantitative estimate of drug-likeness (QED) is 0.694. The first-order chi connectivity index (χ1) is 7.43. The topological polar surface area (TPSA) is 111 Å². The van der Waals surface area contributed by atoms with E-state index in [4.69, 9.17) is 10.8 Å². The van der Waals surface area contributed by atoms with Gasteiger partial charge in [0.2, 0.25) is 5.91 Å². The second kappa shape index (κ2) is 4.97. The molecular formula is C8H12N4O3S. The number of carboxylic acids is 1. The van der Waals surface area contributed by atoms with Crippen LogP contribution in [0.2, 0.25) is 0 Å². The van der Waals surface area contributed by atoms with Crippen molar-refractivity contribution >= 4 is 23.6 Å². The summed E-state index contributed by atoms with van der Waals surface area (Å²) >= 11 is 1.00. The molecule has 8 heteroatoms. The molecule has 1 aromatic heterocycles. The number of aliphatic carboxylic acids is 1. The van der Waals surface area contributed by atoms with Gasteiger partial charge in [-0.3, -0.25) is 14.2 Å². The van der Waals surface area contributed by atoms with Gasteiger partial charge in [0, 0.05) is 0 Å². The van der Waals surface area contributed by atoms with E-state index in [9.17, 15) is 9.59 Å². The molecule has 0 radical (unpaired) electrons. The Morgan fingerprint density at radius 1 is 1.56 bits per heavy atom. The zero-order valence-electron chi connectivity index (χ0n) is 8.88. The predicted octanol–water partition coefficient (Wildman–Crippen LogP) is -0.190. The molecule has 0 aromatic carbocycles. The Hall–Kier alpha value is -1.57. The molecule has 1 atom stereocenters. The second-order valence-corrected chi connectivity index (χ2v) is 4.10. The van der Waals surface area contributed by atoms with E-state index >= 15 is 0 Å². The number of aryl methyl sites for hydroxylation is 1. The van der Waals surface area contributed by atoms with Gasteiger partial charge in [-0.25, -0.2) is 0 Å². The van der Waals surface area contributed by atoms with Gasteiger partial charge in [-0.2, -0.15) is 0 Å². The number of nitrogens with two attached hydrogens (primary N) is 1. The zero-order chi connectivity index (χ0) is 12.3. The highest BCUT2D eigenvalue weighted by atomic mass is 32.2. The van der Waals surface area contributed by atoms with Crippen LogP contribution in [0.5, 0.6) is 0 Å². The average molecular weight is 244 g/mol. The fourth-order valence-corrected chi connectivity index (χ4v) is 1.93. The number of nitrogens with zero attached hydrogens (tertiary/aromatic N) is 3. The fourth-order valence-electron chi connectivity index (χ4n) is 1.15. The summed E-state index contributed by atoms with van der Waals surface area (Å²) in [5.74, 6) is -1.08. The Balaban J connectivity index is 2.93. The number of carboxylic acid groups (broad SMARTS) is 1. The molecule has 88 valence electrons. The maximum absolute atomic E-state index is 11.1. The maximum atomic E-state index is 11.1. The van der Waals surface area contributed by atoms with Gasteiger partial charge in [-0.05, 0) is 13.8 Å². The molecule has 1 unspecified atom stereocenters. The van der Waals surface area contributed by atoms with Crippen molar-refractivity contribution in [1.82, 2.24) is 14.8 Å². The molecule has 1 amide bonds. The summed E-state index contributed by atoms with van der Waals surface area (Å²) in [6.45, 7) is 3.29. The molecule has 0 aliphatic carbocycles. The van der Waals surface area contributed by atoms with E-state index in [1.807, 2.05) is 0 Å². The molecule has 0 bridgehead atoms. The first-order valence-corrected chi connectivity index (χ1v) is 5.47. The van der Waals surface area contributed by atoms with Crippen molar-refractivity contribution in [2.24, 2.45) is 5.73 Å². The molecule has 0 fully saturated rings. The van der Waals surface area contributed by atoms with Crippen molar-refractivity contribution in [3.05, 3.63) is 5.82 Å². The highest BCUT2D eigenvalue weighted by Gasteiger charge is 2.19.